The van der Waals surface area contributed by atoms with Gasteiger partial charge in [0.1, 0.15) is 0 Å². The van der Waals surface area contributed by atoms with Crippen LogP contribution in [0.25, 0.3) is 21.8 Å². The fourth-order valence-electron chi connectivity index (χ4n) is 6.14. The normalized spacial score (nSPS) is 11.8. The number of aromatic nitrogens is 2. The highest BCUT2D eigenvalue weighted by atomic mass is 32.2. The Bertz CT molecular complexity index is 2150. The summed E-state index contributed by atoms with van der Waals surface area (Å²) in [4.78, 5) is 25.1. The van der Waals surface area contributed by atoms with E-state index < -0.39 is 20.9 Å². The van der Waals surface area contributed by atoms with Crippen molar-refractivity contribution in [1.82, 2.24) is 19.4 Å². The number of hydrazine groups is 1. The molecule has 0 aliphatic carbocycles. The molecule has 4 aromatic carbocycles. The number of hydrogen-bond donors (Lipinski definition) is 2. The molecule has 0 fully saturated rings. The van der Waals surface area contributed by atoms with Crippen molar-refractivity contribution in [3.05, 3.63) is 141 Å². The molecule has 45 heavy (non-hydrogen) atoms. The van der Waals surface area contributed by atoms with Crippen LogP contribution in [-0.2, 0) is 24.1 Å². The second kappa shape index (κ2) is 11.3. The van der Waals surface area contributed by atoms with Crippen molar-refractivity contribution in [2.75, 3.05) is 0 Å². The summed E-state index contributed by atoms with van der Waals surface area (Å²) in [5.41, 5.74) is 9.92. The van der Waals surface area contributed by atoms with E-state index in [4.69, 9.17) is 0 Å². The Labute approximate surface area is 260 Å². The highest BCUT2D eigenvalue weighted by Gasteiger charge is 2.29. The molecule has 6 rings (SSSR count). The summed E-state index contributed by atoms with van der Waals surface area (Å²) in [6.07, 6.45) is 0. The van der Waals surface area contributed by atoms with Crippen LogP contribution >= 0.6 is 0 Å². The number of hydrogen-bond acceptors (Lipinski definition) is 5. The van der Waals surface area contributed by atoms with Crippen LogP contribution in [0.15, 0.2) is 102 Å². The van der Waals surface area contributed by atoms with E-state index in [1.54, 1.807) is 12.1 Å². The number of non-ortho nitro benzene ring substituents is 1. The number of fused-ring (bicyclic) bond motifs is 2. The van der Waals surface area contributed by atoms with Crippen molar-refractivity contribution in [1.29, 1.82) is 0 Å². The summed E-state index contributed by atoms with van der Waals surface area (Å²) < 4.78 is 29.9. The van der Waals surface area contributed by atoms with Gasteiger partial charge in [-0.3, -0.25) is 20.3 Å². The first kappa shape index (κ1) is 29.8. The van der Waals surface area contributed by atoms with E-state index in [-0.39, 0.29) is 22.1 Å². The van der Waals surface area contributed by atoms with Crippen molar-refractivity contribution in [2.45, 2.75) is 24.7 Å². The first-order valence-electron chi connectivity index (χ1n) is 14.2. The Hall–Kier alpha value is -5.26. The number of rotatable bonds is 8. The lowest BCUT2D eigenvalue weighted by molar-refractivity contribution is -0.385. The molecule has 0 spiro atoms. The minimum absolute atomic E-state index is 0.160. The lowest BCUT2D eigenvalue weighted by Crippen LogP contribution is -2.41. The third-order valence-corrected chi connectivity index (χ3v) is 9.86. The van der Waals surface area contributed by atoms with Gasteiger partial charge >= 0.3 is 0 Å². The number of carbonyl (C=O) groups excluding carboxylic acids is 1. The fourth-order valence-corrected chi connectivity index (χ4v) is 7.02. The van der Waals surface area contributed by atoms with Gasteiger partial charge in [0.15, 0.2) is 0 Å². The van der Waals surface area contributed by atoms with Crippen molar-refractivity contribution in [2.24, 2.45) is 14.1 Å². The van der Waals surface area contributed by atoms with Gasteiger partial charge in [0.2, 0.25) is 0 Å². The van der Waals surface area contributed by atoms with Gasteiger partial charge in [-0.25, -0.2) is 8.42 Å². The van der Waals surface area contributed by atoms with Crippen LogP contribution in [0.5, 0.6) is 0 Å². The third-order valence-electron chi connectivity index (χ3n) is 8.62. The van der Waals surface area contributed by atoms with Crippen LogP contribution in [0.2, 0.25) is 0 Å². The van der Waals surface area contributed by atoms with E-state index in [1.807, 2.05) is 41.2 Å². The smallest absolute Gasteiger partial charge is 0.270 e. The number of nitrogens with zero attached hydrogens (tertiary/aromatic N) is 3. The maximum atomic E-state index is 13.0. The van der Waals surface area contributed by atoms with Crippen LogP contribution in [-0.4, -0.2) is 28.4 Å². The molecule has 0 atom stereocenters. The summed E-state index contributed by atoms with van der Waals surface area (Å²) in [5.74, 6) is -0.832. The molecule has 2 aromatic heterocycles. The van der Waals surface area contributed by atoms with Crippen LogP contribution in [0.3, 0.4) is 0 Å². The van der Waals surface area contributed by atoms with Gasteiger partial charge in [-0.2, -0.15) is 0 Å². The van der Waals surface area contributed by atoms with Gasteiger partial charge in [0.05, 0.1) is 9.82 Å². The van der Waals surface area contributed by atoms with Crippen molar-refractivity contribution in [3.8, 4) is 0 Å². The van der Waals surface area contributed by atoms with Gasteiger partial charge in [-0.15, -0.1) is 4.83 Å². The Balaban J connectivity index is 1.38. The monoisotopic (exact) mass is 621 g/mol. The first-order valence-corrected chi connectivity index (χ1v) is 15.7. The number of carbonyl (C=O) groups is 1. The van der Waals surface area contributed by atoms with Crippen LogP contribution < -0.4 is 10.3 Å². The number of nitro groups is 1. The SMILES string of the molecule is Cc1c(C(c2ccc(C(=O)NNS(=O)(=O)c3cccc([N+](=O)[O-])c3)cc2)c2c(C)n(C)c3ccccc23)c2ccccc2n1C. The second-order valence-corrected chi connectivity index (χ2v) is 12.7. The van der Waals surface area contributed by atoms with Crippen LogP contribution in [0, 0.1) is 24.0 Å². The molecule has 0 aliphatic heterocycles. The lowest BCUT2D eigenvalue weighted by Gasteiger charge is -2.21. The largest absolute Gasteiger partial charge is 0.348 e. The molecule has 0 saturated heterocycles. The topological polar surface area (TPSA) is 128 Å². The minimum Gasteiger partial charge on any atom is -0.348 e. The second-order valence-electron chi connectivity index (χ2n) is 11.0. The molecule has 6 aromatic rings. The Morgan fingerprint density at radius 3 is 1.84 bits per heavy atom. The molecule has 0 bridgehead atoms. The fraction of sp³-hybridized carbons (Fsp3) is 0.147. The number of sulfonamides is 1. The minimum atomic E-state index is -4.25. The highest BCUT2D eigenvalue weighted by Crippen LogP contribution is 2.44. The standard InChI is InChI=1S/C34H31N5O5S/c1-21-31(27-12-5-7-14-29(27)37(21)3)33(32-22(2)38(4)30-15-8-6-13-28(30)32)23-16-18-24(19-17-23)34(40)35-36-45(43,44)26-11-9-10-25(20-26)39(41)42/h5-20,33,36H,1-4H3,(H,35,40). The number of aryl methyl sites for hydroxylation is 2. The lowest BCUT2D eigenvalue weighted by atomic mass is 9.82. The average molecular weight is 622 g/mol. The van der Waals surface area contributed by atoms with E-state index in [0.29, 0.717) is 0 Å². The Kier molecular flexibility index (Phi) is 7.51. The Morgan fingerprint density at radius 1 is 0.778 bits per heavy atom. The molecule has 0 saturated carbocycles. The first-order chi connectivity index (χ1) is 21.5. The summed E-state index contributed by atoms with van der Waals surface area (Å²) >= 11 is 0. The molecule has 10 nitrogen and oxygen atoms in total. The molecule has 0 aliphatic rings. The van der Waals surface area contributed by atoms with E-state index in [9.17, 15) is 23.3 Å². The van der Waals surface area contributed by atoms with Gasteiger partial charge in [0.25, 0.3) is 21.6 Å². The summed E-state index contributed by atoms with van der Waals surface area (Å²) in [5, 5.41) is 13.4. The molecule has 228 valence electrons. The number of para-hydroxylation sites is 2. The zero-order valence-electron chi connectivity index (χ0n) is 25.1. The molecular formula is C34H31N5O5S. The number of nitro benzene ring substituents is 1. The summed E-state index contributed by atoms with van der Waals surface area (Å²) in [6.45, 7) is 4.25. The van der Waals surface area contributed by atoms with Gasteiger partial charge < -0.3 is 9.13 Å². The van der Waals surface area contributed by atoms with Crippen LogP contribution in [0.4, 0.5) is 5.69 Å². The van der Waals surface area contributed by atoms with Crippen molar-refractivity contribution >= 4 is 43.4 Å². The molecule has 2 N–H and O–H groups in total. The van der Waals surface area contributed by atoms with E-state index in [1.165, 1.54) is 29.3 Å². The third kappa shape index (κ3) is 5.15. The predicted molar refractivity (Wildman–Crippen MR) is 174 cm³/mol. The number of amides is 1. The maximum absolute atomic E-state index is 13.0. The summed E-state index contributed by atoms with van der Waals surface area (Å²) in [7, 11) is -0.119. The van der Waals surface area contributed by atoms with E-state index in [0.717, 1.165) is 44.8 Å². The van der Waals surface area contributed by atoms with Crippen molar-refractivity contribution < 1.29 is 18.1 Å². The molecular weight excluding hydrogens is 590 g/mol. The Morgan fingerprint density at radius 2 is 1.31 bits per heavy atom. The molecule has 11 heteroatoms. The highest BCUT2D eigenvalue weighted by molar-refractivity contribution is 7.89. The average Bonchev–Trinajstić information content (AvgIpc) is 3.45. The maximum Gasteiger partial charge on any atom is 0.270 e. The zero-order valence-corrected chi connectivity index (χ0v) is 25.9. The molecule has 2 heterocycles. The molecule has 0 radical (unpaired) electrons. The molecule has 0 unspecified atom stereocenters. The predicted octanol–water partition coefficient (Wildman–Crippen LogP) is 6.00. The van der Waals surface area contributed by atoms with Crippen LogP contribution in [0.1, 0.15) is 44.4 Å². The van der Waals surface area contributed by atoms with E-state index in [2.05, 4.69) is 66.8 Å². The van der Waals surface area contributed by atoms with Crippen molar-refractivity contribution in [3.63, 3.8) is 0 Å². The molecule has 1 amide bonds. The van der Waals surface area contributed by atoms with Gasteiger partial charge in [-0.1, -0.05) is 54.6 Å². The van der Waals surface area contributed by atoms with Gasteiger partial charge in [-0.05, 0) is 60.9 Å². The van der Waals surface area contributed by atoms with Gasteiger partial charge in [0, 0.05) is 70.9 Å². The number of nitrogens with one attached hydrogen (secondary N) is 2. The summed E-state index contributed by atoms with van der Waals surface area (Å²) in [6, 6.07) is 28.4. The zero-order chi connectivity index (χ0) is 32.0. The quantitative estimate of drug-likeness (QED) is 0.159. The number of benzene rings is 4. The van der Waals surface area contributed by atoms with E-state index >= 15 is 0 Å².